The maximum Gasteiger partial charge on any atom is 0.277 e. The van der Waals surface area contributed by atoms with Gasteiger partial charge in [0.1, 0.15) is 7.11 Å². The second kappa shape index (κ2) is 8.75. The summed E-state index contributed by atoms with van der Waals surface area (Å²) in [6.45, 7) is 3.62. The molecule has 1 amide bonds. The summed E-state index contributed by atoms with van der Waals surface area (Å²) in [6.07, 6.45) is 1.48. The average molecular weight is 316 g/mol. The first kappa shape index (κ1) is 16.8. The minimum absolute atomic E-state index is 0.102. The van der Waals surface area contributed by atoms with Crippen molar-refractivity contribution in [1.29, 1.82) is 0 Å². The number of nitrogens with zero attached hydrogens (tertiary/aromatic N) is 1. The van der Waals surface area contributed by atoms with E-state index < -0.39 is 0 Å². The normalized spacial score (nSPS) is 11.3. The lowest BCUT2D eigenvalue weighted by molar-refractivity contribution is -0.115. The first-order valence-corrected chi connectivity index (χ1v) is 7.33. The van der Waals surface area contributed by atoms with Crippen LogP contribution < -0.4 is 5.32 Å². The van der Waals surface area contributed by atoms with E-state index in [0.717, 1.165) is 11.1 Å². The molecule has 0 aliphatic carbocycles. The highest BCUT2D eigenvalue weighted by molar-refractivity contribution is 6.44. The molecule has 0 aliphatic heterocycles. The molecule has 1 heterocycles. The summed E-state index contributed by atoms with van der Waals surface area (Å²) in [6, 6.07) is 11.2. The Labute approximate surface area is 135 Å². The summed E-state index contributed by atoms with van der Waals surface area (Å²) in [5.41, 5.74) is 2.18. The Morgan fingerprint density at radius 2 is 1.96 bits per heavy atom. The summed E-state index contributed by atoms with van der Waals surface area (Å²) in [5.74, 6) is -0.00314. The van der Waals surface area contributed by atoms with Crippen LogP contribution in [0.25, 0.3) is 0 Å². The lowest BCUT2D eigenvalue weighted by Gasteiger charge is -2.07. The standard InChI is InChI=1S/C17H20N2O4/c1-3-22-12-14-8-6-13(7-9-14)11-18-17(20)16(19-21-2)15-5-4-10-23-15/h4-10H,3,11-12H2,1-2H3,(H,18,20)/b19-16+. The zero-order valence-corrected chi connectivity index (χ0v) is 13.2. The fraction of sp³-hybridized carbons (Fsp3) is 0.294. The Morgan fingerprint density at radius 3 is 2.57 bits per heavy atom. The zero-order valence-electron chi connectivity index (χ0n) is 13.2. The average Bonchev–Trinajstić information content (AvgIpc) is 3.10. The zero-order chi connectivity index (χ0) is 16.5. The largest absolute Gasteiger partial charge is 0.462 e. The lowest BCUT2D eigenvalue weighted by Crippen LogP contribution is -2.31. The van der Waals surface area contributed by atoms with E-state index in [9.17, 15) is 4.79 Å². The molecular formula is C17H20N2O4. The van der Waals surface area contributed by atoms with Gasteiger partial charge >= 0.3 is 0 Å². The van der Waals surface area contributed by atoms with Crippen LogP contribution in [0.2, 0.25) is 0 Å². The molecular weight excluding hydrogens is 296 g/mol. The summed E-state index contributed by atoms with van der Waals surface area (Å²) in [7, 11) is 1.38. The number of oxime groups is 1. The summed E-state index contributed by atoms with van der Waals surface area (Å²) < 4.78 is 10.5. The summed E-state index contributed by atoms with van der Waals surface area (Å²) >= 11 is 0. The van der Waals surface area contributed by atoms with Crippen LogP contribution >= 0.6 is 0 Å². The van der Waals surface area contributed by atoms with Gasteiger partial charge in [-0.1, -0.05) is 29.4 Å². The van der Waals surface area contributed by atoms with Crippen LogP contribution in [0.3, 0.4) is 0 Å². The third-order valence-corrected chi connectivity index (χ3v) is 3.10. The highest BCUT2D eigenvalue weighted by Crippen LogP contribution is 2.07. The molecule has 0 saturated carbocycles. The molecule has 122 valence electrons. The van der Waals surface area contributed by atoms with Crippen molar-refractivity contribution in [2.45, 2.75) is 20.1 Å². The molecule has 6 nitrogen and oxygen atoms in total. The number of benzene rings is 1. The third kappa shape index (κ3) is 4.96. The van der Waals surface area contributed by atoms with E-state index in [4.69, 9.17) is 14.0 Å². The van der Waals surface area contributed by atoms with Gasteiger partial charge in [0, 0.05) is 13.2 Å². The number of ether oxygens (including phenoxy) is 1. The molecule has 1 N–H and O–H groups in total. The molecule has 0 spiro atoms. The second-order valence-electron chi connectivity index (χ2n) is 4.74. The SMILES string of the molecule is CCOCc1ccc(CNC(=O)/C(=N/OC)c2ccco2)cc1. The highest BCUT2D eigenvalue weighted by atomic mass is 16.6. The Hall–Kier alpha value is -2.60. The molecule has 1 aromatic heterocycles. The highest BCUT2D eigenvalue weighted by Gasteiger charge is 2.17. The van der Waals surface area contributed by atoms with Crippen molar-refractivity contribution >= 4 is 11.6 Å². The lowest BCUT2D eigenvalue weighted by atomic mass is 10.1. The second-order valence-corrected chi connectivity index (χ2v) is 4.74. The fourth-order valence-corrected chi connectivity index (χ4v) is 1.94. The fourth-order valence-electron chi connectivity index (χ4n) is 1.94. The van der Waals surface area contributed by atoms with E-state index in [2.05, 4.69) is 10.5 Å². The number of carbonyl (C=O) groups excluding carboxylic acids is 1. The third-order valence-electron chi connectivity index (χ3n) is 3.10. The number of nitrogens with one attached hydrogen (secondary N) is 1. The van der Waals surface area contributed by atoms with Crippen molar-refractivity contribution in [2.24, 2.45) is 5.16 Å². The molecule has 23 heavy (non-hydrogen) atoms. The van der Waals surface area contributed by atoms with Gasteiger partial charge in [-0.05, 0) is 30.2 Å². The number of carbonyl (C=O) groups is 1. The topological polar surface area (TPSA) is 73.1 Å². The van der Waals surface area contributed by atoms with Crippen LogP contribution in [0.15, 0.2) is 52.2 Å². The van der Waals surface area contributed by atoms with Gasteiger partial charge in [0.25, 0.3) is 5.91 Å². The van der Waals surface area contributed by atoms with Crippen LogP contribution in [0.1, 0.15) is 23.8 Å². The molecule has 0 atom stereocenters. The predicted octanol–water partition coefficient (Wildman–Crippen LogP) is 2.48. The maximum atomic E-state index is 12.2. The molecule has 0 fully saturated rings. The molecule has 2 rings (SSSR count). The molecule has 1 aromatic carbocycles. The van der Waals surface area contributed by atoms with Gasteiger partial charge in [-0.25, -0.2) is 0 Å². The minimum atomic E-state index is -0.361. The van der Waals surface area contributed by atoms with Gasteiger partial charge in [-0.3, -0.25) is 4.79 Å². The maximum absolute atomic E-state index is 12.2. The van der Waals surface area contributed by atoms with Crippen LogP contribution in [0, 0.1) is 0 Å². The molecule has 2 aromatic rings. The van der Waals surface area contributed by atoms with Crippen LogP contribution in [-0.4, -0.2) is 25.3 Å². The van der Waals surface area contributed by atoms with Crippen LogP contribution in [0.5, 0.6) is 0 Å². The van der Waals surface area contributed by atoms with Crippen LogP contribution in [0.4, 0.5) is 0 Å². The van der Waals surface area contributed by atoms with E-state index in [1.807, 2.05) is 31.2 Å². The molecule has 0 saturated heterocycles. The number of hydrogen-bond acceptors (Lipinski definition) is 5. The Balaban J connectivity index is 1.94. The van der Waals surface area contributed by atoms with E-state index in [1.165, 1.54) is 13.4 Å². The van der Waals surface area contributed by atoms with Crippen molar-refractivity contribution in [3.8, 4) is 0 Å². The summed E-state index contributed by atoms with van der Waals surface area (Å²) in [5, 5.41) is 6.51. The van der Waals surface area contributed by atoms with Crippen molar-refractivity contribution in [1.82, 2.24) is 5.32 Å². The molecule has 0 radical (unpaired) electrons. The predicted molar refractivity (Wildman–Crippen MR) is 85.9 cm³/mol. The molecule has 6 heteroatoms. The Bertz CT molecular complexity index is 633. The van der Waals surface area contributed by atoms with Crippen LogP contribution in [-0.2, 0) is 27.5 Å². The Kier molecular flexibility index (Phi) is 6.38. The number of amides is 1. The van der Waals surface area contributed by atoms with E-state index in [0.29, 0.717) is 25.5 Å². The monoisotopic (exact) mass is 316 g/mol. The van der Waals surface area contributed by atoms with Gasteiger partial charge in [0.05, 0.1) is 12.9 Å². The van der Waals surface area contributed by atoms with Gasteiger partial charge in [-0.2, -0.15) is 0 Å². The van der Waals surface area contributed by atoms with Crippen molar-refractivity contribution in [3.05, 3.63) is 59.5 Å². The molecule has 0 aliphatic rings. The van der Waals surface area contributed by atoms with Gasteiger partial charge < -0.3 is 19.3 Å². The van der Waals surface area contributed by atoms with Gasteiger partial charge in [0.2, 0.25) is 5.71 Å². The first-order valence-electron chi connectivity index (χ1n) is 7.33. The molecule has 0 bridgehead atoms. The first-order chi connectivity index (χ1) is 11.2. The van der Waals surface area contributed by atoms with E-state index in [-0.39, 0.29) is 11.6 Å². The van der Waals surface area contributed by atoms with E-state index in [1.54, 1.807) is 12.1 Å². The van der Waals surface area contributed by atoms with Crippen molar-refractivity contribution in [3.63, 3.8) is 0 Å². The van der Waals surface area contributed by atoms with E-state index >= 15 is 0 Å². The molecule has 0 unspecified atom stereocenters. The smallest absolute Gasteiger partial charge is 0.277 e. The van der Waals surface area contributed by atoms with Crippen molar-refractivity contribution in [2.75, 3.05) is 13.7 Å². The number of furan rings is 1. The minimum Gasteiger partial charge on any atom is -0.462 e. The Morgan fingerprint density at radius 1 is 1.22 bits per heavy atom. The quantitative estimate of drug-likeness (QED) is 0.600. The van der Waals surface area contributed by atoms with Crippen molar-refractivity contribution < 1.29 is 18.8 Å². The summed E-state index contributed by atoms with van der Waals surface area (Å²) in [4.78, 5) is 16.9. The number of hydrogen-bond donors (Lipinski definition) is 1. The van der Waals surface area contributed by atoms with Gasteiger partial charge in [-0.15, -0.1) is 0 Å². The number of rotatable bonds is 8. The van der Waals surface area contributed by atoms with Gasteiger partial charge in [0.15, 0.2) is 5.76 Å².